The van der Waals surface area contributed by atoms with Gasteiger partial charge in [0.25, 0.3) is 0 Å². The minimum Gasteiger partial charge on any atom is -0.355 e. The molecule has 0 radical (unpaired) electrons. The third kappa shape index (κ3) is 6.41. The molecule has 1 saturated heterocycles. The third-order valence-corrected chi connectivity index (χ3v) is 6.71. The number of piperidine rings is 1. The van der Waals surface area contributed by atoms with Crippen molar-refractivity contribution in [1.29, 1.82) is 0 Å². The zero-order valence-corrected chi connectivity index (χ0v) is 18.4. The Balaban J connectivity index is 1.42. The van der Waals surface area contributed by atoms with Gasteiger partial charge in [-0.1, -0.05) is 47.0 Å². The molecule has 1 amide bonds. The van der Waals surface area contributed by atoms with Crippen LogP contribution in [-0.4, -0.2) is 36.2 Å². The van der Waals surface area contributed by atoms with Gasteiger partial charge in [0.05, 0.1) is 16.0 Å². The molecule has 0 spiro atoms. The number of benzene rings is 2. The first-order chi connectivity index (χ1) is 13.5. The van der Waals surface area contributed by atoms with E-state index in [1.807, 2.05) is 18.2 Å². The molecule has 1 aliphatic rings. The van der Waals surface area contributed by atoms with Gasteiger partial charge >= 0.3 is 0 Å². The summed E-state index contributed by atoms with van der Waals surface area (Å²) in [6, 6.07) is 14.2. The van der Waals surface area contributed by atoms with Crippen LogP contribution in [0.5, 0.6) is 0 Å². The Morgan fingerprint density at radius 3 is 2.71 bits per heavy atom. The highest BCUT2D eigenvalue weighted by Gasteiger charge is 2.25. The third-order valence-electron chi connectivity index (χ3n) is 4.96. The van der Waals surface area contributed by atoms with Gasteiger partial charge in [-0.2, -0.15) is 0 Å². The number of rotatable bonds is 7. The van der Waals surface area contributed by atoms with Crippen LogP contribution in [0.2, 0.25) is 10.0 Å². The van der Waals surface area contributed by atoms with Crippen molar-refractivity contribution in [3.05, 3.63) is 63.6 Å². The van der Waals surface area contributed by atoms with E-state index in [0.717, 1.165) is 43.8 Å². The second-order valence-corrected chi connectivity index (χ2v) is 9.26. The molecule has 1 heterocycles. The van der Waals surface area contributed by atoms with Crippen molar-refractivity contribution in [3.63, 3.8) is 0 Å². The van der Waals surface area contributed by atoms with Gasteiger partial charge in [-0.05, 0) is 56.1 Å². The summed E-state index contributed by atoms with van der Waals surface area (Å²) >= 11 is 13.9. The standard InChI is InChI=1S/C22H26Cl2N2OS/c1-16-4-7-19(8-5-16)28-12-10-25-22(27)18-3-2-11-26(15-18)14-17-6-9-20(23)21(24)13-17/h4-9,13,18H,2-3,10-12,14-15H2,1H3,(H,25,27). The van der Waals surface area contributed by atoms with Gasteiger partial charge in [-0.3, -0.25) is 9.69 Å². The summed E-state index contributed by atoms with van der Waals surface area (Å²) in [5.74, 6) is 1.11. The lowest BCUT2D eigenvalue weighted by molar-refractivity contribution is -0.126. The van der Waals surface area contributed by atoms with Gasteiger partial charge < -0.3 is 5.32 Å². The first kappa shape index (κ1) is 21.5. The van der Waals surface area contributed by atoms with E-state index in [1.54, 1.807) is 11.8 Å². The van der Waals surface area contributed by atoms with Gasteiger partial charge in [-0.15, -0.1) is 11.8 Å². The molecule has 0 saturated carbocycles. The highest BCUT2D eigenvalue weighted by atomic mass is 35.5. The molecule has 150 valence electrons. The molecule has 3 rings (SSSR count). The van der Waals surface area contributed by atoms with Gasteiger partial charge in [0, 0.05) is 30.3 Å². The Labute approximate surface area is 181 Å². The molecule has 1 N–H and O–H groups in total. The topological polar surface area (TPSA) is 32.3 Å². The summed E-state index contributed by atoms with van der Waals surface area (Å²) in [6.45, 7) is 5.37. The number of hydrogen-bond donors (Lipinski definition) is 1. The molecule has 0 aromatic heterocycles. The van der Waals surface area contributed by atoms with Crippen molar-refractivity contribution in [2.45, 2.75) is 31.2 Å². The van der Waals surface area contributed by atoms with Crippen molar-refractivity contribution in [2.75, 3.05) is 25.4 Å². The van der Waals surface area contributed by atoms with E-state index in [-0.39, 0.29) is 11.8 Å². The van der Waals surface area contributed by atoms with Crippen molar-refractivity contribution in [3.8, 4) is 0 Å². The van der Waals surface area contributed by atoms with Crippen molar-refractivity contribution in [2.24, 2.45) is 5.92 Å². The largest absolute Gasteiger partial charge is 0.355 e. The summed E-state index contributed by atoms with van der Waals surface area (Å²) in [6.07, 6.45) is 1.99. The van der Waals surface area contributed by atoms with E-state index in [0.29, 0.717) is 16.6 Å². The summed E-state index contributed by atoms with van der Waals surface area (Å²) in [5.41, 5.74) is 2.39. The van der Waals surface area contributed by atoms with Crippen LogP contribution in [0.4, 0.5) is 0 Å². The van der Waals surface area contributed by atoms with Gasteiger partial charge in [0.15, 0.2) is 0 Å². The molecule has 1 fully saturated rings. The van der Waals surface area contributed by atoms with Crippen LogP contribution in [0.1, 0.15) is 24.0 Å². The number of amides is 1. The minimum absolute atomic E-state index is 0.0564. The molecular formula is C22H26Cl2N2OS. The van der Waals surface area contributed by atoms with Crippen LogP contribution in [-0.2, 0) is 11.3 Å². The summed E-state index contributed by atoms with van der Waals surface area (Å²) in [7, 11) is 0. The van der Waals surface area contributed by atoms with Crippen molar-refractivity contribution < 1.29 is 4.79 Å². The fourth-order valence-electron chi connectivity index (χ4n) is 3.43. The Bertz CT molecular complexity index is 798. The molecule has 1 unspecified atom stereocenters. The average Bonchev–Trinajstić information content (AvgIpc) is 2.69. The maximum Gasteiger partial charge on any atom is 0.224 e. The molecule has 0 bridgehead atoms. The molecule has 2 aromatic rings. The SMILES string of the molecule is Cc1ccc(SCCNC(=O)C2CCCN(Cc3ccc(Cl)c(Cl)c3)C2)cc1. The first-order valence-electron chi connectivity index (χ1n) is 9.65. The maximum absolute atomic E-state index is 12.6. The number of carbonyl (C=O) groups is 1. The number of nitrogens with one attached hydrogen (secondary N) is 1. The van der Waals surface area contributed by atoms with Gasteiger partial charge in [0.1, 0.15) is 0 Å². The predicted octanol–water partition coefficient (Wildman–Crippen LogP) is 5.42. The second-order valence-electron chi connectivity index (χ2n) is 7.28. The molecule has 6 heteroatoms. The van der Waals surface area contributed by atoms with E-state index < -0.39 is 0 Å². The molecule has 28 heavy (non-hydrogen) atoms. The molecule has 1 aliphatic heterocycles. The summed E-state index contributed by atoms with van der Waals surface area (Å²) in [4.78, 5) is 16.1. The van der Waals surface area contributed by atoms with E-state index in [2.05, 4.69) is 41.4 Å². The van der Waals surface area contributed by atoms with Gasteiger partial charge in [0.2, 0.25) is 5.91 Å². The molecule has 2 aromatic carbocycles. The first-order valence-corrected chi connectivity index (χ1v) is 11.4. The van der Waals surface area contributed by atoms with Crippen molar-refractivity contribution >= 4 is 40.9 Å². The highest BCUT2D eigenvalue weighted by Crippen LogP contribution is 2.25. The fourth-order valence-corrected chi connectivity index (χ4v) is 4.52. The second kappa shape index (κ2) is 10.5. The Morgan fingerprint density at radius 1 is 1.18 bits per heavy atom. The molecular weight excluding hydrogens is 411 g/mol. The molecule has 3 nitrogen and oxygen atoms in total. The van der Waals surface area contributed by atoms with Crippen LogP contribution in [0, 0.1) is 12.8 Å². The zero-order valence-electron chi connectivity index (χ0n) is 16.1. The Morgan fingerprint density at radius 2 is 1.96 bits per heavy atom. The lowest BCUT2D eigenvalue weighted by atomic mass is 9.96. The van der Waals surface area contributed by atoms with Crippen LogP contribution < -0.4 is 5.32 Å². The van der Waals surface area contributed by atoms with E-state index in [9.17, 15) is 4.79 Å². The Hall–Kier alpha value is -1.20. The van der Waals surface area contributed by atoms with Crippen LogP contribution in [0.25, 0.3) is 0 Å². The lowest BCUT2D eigenvalue weighted by Crippen LogP contribution is -2.43. The maximum atomic E-state index is 12.6. The quantitative estimate of drug-likeness (QED) is 0.464. The van der Waals surface area contributed by atoms with E-state index in [1.165, 1.54) is 10.5 Å². The number of likely N-dealkylation sites (tertiary alicyclic amines) is 1. The van der Waals surface area contributed by atoms with Gasteiger partial charge in [-0.25, -0.2) is 0 Å². The summed E-state index contributed by atoms with van der Waals surface area (Å²) in [5, 5.41) is 4.26. The predicted molar refractivity (Wildman–Crippen MR) is 119 cm³/mol. The number of hydrogen-bond acceptors (Lipinski definition) is 3. The smallest absolute Gasteiger partial charge is 0.224 e. The number of halogens is 2. The Kier molecular flexibility index (Phi) is 8.10. The number of aryl methyl sites for hydroxylation is 1. The number of nitrogens with zero attached hydrogens (tertiary/aromatic N) is 1. The highest BCUT2D eigenvalue weighted by molar-refractivity contribution is 7.99. The molecule has 0 aliphatic carbocycles. The van der Waals surface area contributed by atoms with E-state index >= 15 is 0 Å². The van der Waals surface area contributed by atoms with Crippen LogP contribution in [0.3, 0.4) is 0 Å². The van der Waals surface area contributed by atoms with Crippen LogP contribution >= 0.6 is 35.0 Å². The van der Waals surface area contributed by atoms with Crippen LogP contribution in [0.15, 0.2) is 47.4 Å². The normalized spacial score (nSPS) is 17.5. The fraction of sp³-hybridized carbons (Fsp3) is 0.409. The summed E-state index contributed by atoms with van der Waals surface area (Å²) < 4.78 is 0. The lowest BCUT2D eigenvalue weighted by Gasteiger charge is -2.32. The van der Waals surface area contributed by atoms with E-state index in [4.69, 9.17) is 23.2 Å². The number of thioether (sulfide) groups is 1. The average molecular weight is 437 g/mol. The number of carbonyl (C=O) groups excluding carboxylic acids is 1. The zero-order chi connectivity index (χ0) is 19.9. The monoisotopic (exact) mass is 436 g/mol. The minimum atomic E-state index is 0.0564. The molecule has 1 atom stereocenters. The van der Waals surface area contributed by atoms with Crippen molar-refractivity contribution in [1.82, 2.24) is 10.2 Å².